The molecule has 1 saturated carbocycles. The number of carbonyl (C=O) groups excluding carboxylic acids is 1. The molecule has 144 valence electrons. The molecule has 5 rings (SSSR count). The lowest BCUT2D eigenvalue weighted by Gasteiger charge is -2.09. The van der Waals surface area contributed by atoms with Crippen LogP contribution in [0.3, 0.4) is 0 Å². The molecule has 1 fully saturated rings. The topological polar surface area (TPSA) is 121 Å². The zero-order chi connectivity index (χ0) is 20.1. The maximum atomic E-state index is 12.3. The van der Waals surface area contributed by atoms with E-state index in [9.17, 15) is 14.4 Å². The average molecular weight is 387 g/mol. The monoisotopic (exact) mass is 387 g/mol. The van der Waals surface area contributed by atoms with Crippen molar-refractivity contribution in [3.05, 3.63) is 62.8 Å². The number of nitrogens with one attached hydrogen (secondary N) is 3. The van der Waals surface area contributed by atoms with Crippen molar-refractivity contribution in [2.45, 2.75) is 25.7 Å². The average Bonchev–Trinajstić information content (AvgIpc) is 3.51. The van der Waals surface area contributed by atoms with Gasteiger partial charge in [-0.3, -0.25) is 14.6 Å². The lowest BCUT2D eigenvalue weighted by molar-refractivity contribution is -0.114. The third-order valence-electron chi connectivity index (χ3n) is 5.02. The van der Waals surface area contributed by atoms with Crippen LogP contribution in [0.4, 0.5) is 5.69 Å². The normalized spacial score (nSPS) is 13.7. The summed E-state index contributed by atoms with van der Waals surface area (Å²) in [5.74, 6) is 0.183. The number of aromatic nitrogens is 4. The number of rotatable bonds is 3. The number of carbonyl (C=O) groups is 1. The highest BCUT2D eigenvalue weighted by Gasteiger charge is 2.27. The number of pyridine rings is 2. The number of benzene rings is 1. The van der Waals surface area contributed by atoms with E-state index < -0.39 is 11.2 Å². The van der Waals surface area contributed by atoms with Crippen LogP contribution in [0, 0.1) is 0 Å². The molecule has 0 unspecified atom stereocenters. The SMILES string of the molecule is CC(=O)Nc1ccc2nc(-c3cc(C4CC4)c4[nH]c(=O)[nH]c(=O)c4n3)ccc2c1. The molecular weight excluding hydrogens is 370 g/mol. The lowest BCUT2D eigenvalue weighted by atomic mass is 10.1. The number of H-pyrrole nitrogens is 2. The molecule has 0 saturated heterocycles. The van der Waals surface area contributed by atoms with Gasteiger partial charge in [0, 0.05) is 18.0 Å². The summed E-state index contributed by atoms with van der Waals surface area (Å²) >= 11 is 0. The number of fused-ring (bicyclic) bond motifs is 2. The van der Waals surface area contributed by atoms with Gasteiger partial charge in [0.2, 0.25) is 5.91 Å². The van der Waals surface area contributed by atoms with Gasteiger partial charge in [-0.15, -0.1) is 0 Å². The molecule has 3 N–H and O–H groups in total. The van der Waals surface area contributed by atoms with Gasteiger partial charge in [-0.25, -0.2) is 14.8 Å². The predicted molar refractivity (Wildman–Crippen MR) is 110 cm³/mol. The minimum absolute atomic E-state index is 0.134. The predicted octanol–water partition coefficient (Wildman–Crippen LogP) is 2.66. The Kier molecular flexibility index (Phi) is 3.80. The van der Waals surface area contributed by atoms with Gasteiger partial charge in [0.15, 0.2) is 5.52 Å². The van der Waals surface area contributed by atoms with Crippen LogP contribution < -0.4 is 16.6 Å². The summed E-state index contributed by atoms with van der Waals surface area (Å²) in [7, 11) is 0. The second-order valence-corrected chi connectivity index (χ2v) is 7.29. The molecule has 0 atom stereocenters. The summed E-state index contributed by atoms with van der Waals surface area (Å²) in [6.45, 7) is 1.46. The van der Waals surface area contributed by atoms with Crippen LogP contribution in [0.25, 0.3) is 33.3 Å². The number of nitrogens with zero attached hydrogens (tertiary/aromatic N) is 2. The van der Waals surface area contributed by atoms with Gasteiger partial charge < -0.3 is 10.3 Å². The first-order chi connectivity index (χ1) is 14.0. The van der Waals surface area contributed by atoms with Crippen molar-refractivity contribution in [3.63, 3.8) is 0 Å². The van der Waals surface area contributed by atoms with Crippen LogP contribution >= 0.6 is 0 Å². The number of hydrogen-bond donors (Lipinski definition) is 3. The molecule has 0 radical (unpaired) electrons. The molecule has 3 aromatic heterocycles. The number of amides is 1. The summed E-state index contributed by atoms with van der Waals surface area (Å²) in [4.78, 5) is 49.4. The highest BCUT2D eigenvalue weighted by Crippen LogP contribution is 2.43. The maximum Gasteiger partial charge on any atom is 0.326 e. The number of aromatic amines is 2. The van der Waals surface area contributed by atoms with E-state index in [2.05, 4.69) is 25.3 Å². The molecule has 0 spiro atoms. The van der Waals surface area contributed by atoms with Crippen LogP contribution in [0.2, 0.25) is 0 Å². The second-order valence-electron chi connectivity index (χ2n) is 7.29. The first kappa shape index (κ1) is 17.3. The summed E-state index contributed by atoms with van der Waals surface area (Å²) in [6, 6.07) is 11.1. The molecule has 29 heavy (non-hydrogen) atoms. The van der Waals surface area contributed by atoms with Crippen LogP contribution in [0.5, 0.6) is 0 Å². The molecule has 8 nitrogen and oxygen atoms in total. The van der Waals surface area contributed by atoms with Gasteiger partial charge >= 0.3 is 5.69 Å². The number of hydrogen-bond acceptors (Lipinski definition) is 5. The smallest absolute Gasteiger partial charge is 0.326 e. The van der Waals surface area contributed by atoms with E-state index in [-0.39, 0.29) is 11.4 Å². The van der Waals surface area contributed by atoms with E-state index >= 15 is 0 Å². The minimum Gasteiger partial charge on any atom is -0.326 e. The molecule has 1 amide bonds. The Morgan fingerprint density at radius 3 is 2.62 bits per heavy atom. The molecule has 1 aliphatic rings. The van der Waals surface area contributed by atoms with E-state index in [1.165, 1.54) is 6.92 Å². The fourth-order valence-corrected chi connectivity index (χ4v) is 3.56. The summed E-state index contributed by atoms with van der Waals surface area (Å²) in [6.07, 6.45) is 2.04. The van der Waals surface area contributed by atoms with Crippen molar-refractivity contribution in [1.82, 2.24) is 19.9 Å². The third-order valence-corrected chi connectivity index (χ3v) is 5.02. The third kappa shape index (κ3) is 3.18. The first-order valence-electron chi connectivity index (χ1n) is 9.34. The van der Waals surface area contributed by atoms with E-state index in [1.54, 1.807) is 6.07 Å². The van der Waals surface area contributed by atoms with Crippen molar-refractivity contribution >= 4 is 33.5 Å². The second kappa shape index (κ2) is 6.37. The van der Waals surface area contributed by atoms with Gasteiger partial charge in [0.1, 0.15) is 0 Å². The maximum absolute atomic E-state index is 12.3. The summed E-state index contributed by atoms with van der Waals surface area (Å²) in [5.41, 5.74) is 3.29. The van der Waals surface area contributed by atoms with E-state index in [4.69, 9.17) is 0 Å². The van der Waals surface area contributed by atoms with Crippen LogP contribution in [-0.2, 0) is 4.79 Å². The van der Waals surface area contributed by atoms with Crippen LogP contribution in [-0.4, -0.2) is 25.8 Å². The van der Waals surface area contributed by atoms with Gasteiger partial charge in [-0.05, 0) is 54.7 Å². The minimum atomic E-state index is -0.530. The summed E-state index contributed by atoms with van der Waals surface area (Å²) < 4.78 is 0. The van der Waals surface area contributed by atoms with Crippen LogP contribution in [0.15, 0.2) is 46.0 Å². The largest absolute Gasteiger partial charge is 0.326 e. The van der Waals surface area contributed by atoms with Crippen molar-refractivity contribution in [2.75, 3.05) is 5.32 Å². The zero-order valence-electron chi connectivity index (χ0n) is 15.6. The molecule has 1 aromatic carbocycles. The molecule has 4 aromatic rings. The molecular formula is C21H17N5O3. The Morgan fingerprint density at radius 1 is 1.03 bits per heavy atom. The fourth-order valence-electron chi connectivity index (χ4n) is 3.56. The summed E-state index contributed by atoms with van der Waals surface area (Å²) in [5, 5.41) is 3.63. The van der Waals surface area contributed by atoms with E-state index in [0.717, 1.165) is 29.3 Å². The van der Waals surface area contributed by atoms with Crippen LogP contribution in [0.1, 0.15) is 31.2 Å². The quantitative estimate of drug-likeness (QED) is 0.499. The van der Waals surface area contributed by atoms with Gasteiger partial charge in [-0.1, -0.05) is 6.07 Å². The molecule has 8 heteroatoms. The van der Waals surface area contributed by atoms with Gasteiger partial charge in [0.25, 0.3) is 5.56 Å². The molecule has 0 aliphatic heterocycles. The van der Waals surface area contributed by atoms with Crippen molar-refractivity contribution in [1.29, 1.82) is 0 Å². The van der Waals surface area contributed by atoms with Crippen molar-refractivity contribution in [2.24, 2.45) is 0 Å². The van der Waals surface area contributed by atoms with E-state index in [1.807, 2.05) is 30.3 Å². The van der Waals surface area contributed by atoms with Gasteiger partial charge in [0.05, 0.1) is 22.4 Å². The van der Waals surface area contributed by atoms with E-state index in [0.29, 0.717) is 28.5 Å². The Hall–Kier alpha value is -3.81. The highest BCUT2D eigenvalue weighted by atomic mass is 16.2. The molecule has 0 bridgehead atoms. The Balaban J connectivity index is 1.67. The van der Waals surface area contributed by atoms with Gasteiger partial charge in [-0.2, -0.15) is 0 Å². The Bertz CT molecular complexity index is 1420. The zero-order valence-corrected chi connectivity index (χ0v) is 15.6. The first-order valence-corrected chi connectivity index (χ1v) is 9.34. The Labute approximate surface area is 164 Å². The van der Waals surface area contributed by atoms with Crippen molar-refractivity contribution < 1.29 is 4.79 Å². The lowest BCUT2D eigenvalue weighted by Crippen LogP contribution is -2.23. The number of anilines is 1. The van der Waals surface area contributed by atoms with Crippen molar-refractivity contribution in [3.8, 4) is 11.4 Å². The Morgan fingerprint density at radius 2 is 1.86 bits per heavy atom. The fraction of sp³-hybridized carbons (Fsp3) is 0.190. The standard InChI is InChI=1S/C21H17N5O3/c1-10(27)22-13-5-7-15-12(8-13)4-6-16(23-15)17-9-14(11-2-3-11)18-19(24-17)20(28)26-21(29)25-18/h4-9,11H,2-3H2,1H3,(H,22,27)(H2,25,26,28,29). The highest BCUT2D eigenvalue weighted by molar-refractivity contribution is 5.92. The molecule has 3 heterocycles. The molecule has 1 aliphatic carbocycles.